The zero-order valence-electron chi connectivity index (χ0n) is 4.63. The first kappa shape index (κ1) is 5.77. The maximum absolute atomic E-state index is 12.4. The van der Waals surface area contributed by atoms with Crippen molar-refractivity contribution < 1.29 is 4.39 Å². The summed E-state index contributed by atoms with van der Waals surface area (Å²) in [4.78, 5) is 2.95. The monoisotopic (exact) mass is 121 g/mol. The van der Waals surface area contributed by atoms with Crippen LogP contribution in [0, 0.1) is 12.4 Å². The summed E-state index contributed by atoms with van der Waals surface area (Å²) in [6, 6.07) is 5.91. The van der Waals surface area contributed by atoms with Crippen LogP contribution in [0.2, 0.25) is 0 Å². The van der Waals surface area contributed by atoms with E-state index in [1.165, 1.54) is 12.1 Å². The van der Waals surface area contributed by atoms with Crippen molar-refractivity contribution in [2.45, 2.75) is 0 Å². The zero-order valence-corrected chi connectivity index (χ0v) is 4.63. The molecular weight excluding hydrogens is 117 g/mol. The molecule has 0 aliphatic heterocycles. The van der Waals surface area contributed by atoms with Crippen LogP contribution in [0.4, 0.5) is 10.1 Å². The van der Waals surface area contributed by atoms with Gasteiger partial charge in [0.05, 0.1) is 6.57 Å². The average molecular weight is 121 g/mol. The van der Waals surface area contributed by atoms with Gasteiger partial charge in [-0.05, 0) is 6.07 Å². The van der Waals surface area contributed by atoms with Crippen LogP contribution in [0.1, 0.15) is 0 Å². The van der Waals surface area contributed by atoms with E-state index < -0.39 is 5.82 Å². The van der Waals surface area contributed by atoms with Crippen molar-refractivity contribution in [3.05, 3.63) is 41.5 Å². The van der Waals surface area contributed by atoms with Crippen LogP contribution in [0.5, 0.6) is 0 Å². The van der Waals surface area contributed by atoms with Crippen molar-refractivity contribution in [1.82, 2.24) is 0 Å². The first-order valence-corrected chi connectivity index (χ1v) is 2.46. The van der Waals surface area contributed by atoms with E-state index in [0.29, 0.717) is 0 Å². The fraction of sp³-hybridized carbons (Fsp3) is 0. The number of benzene rings is 1. The maximum atomic E-state index is 12.4. The Labute approximate surface area is 52.6 Å². The number of hydrogen-bond donors (Lipinski definition) is 0. The molecule has 0 heterocycles. The van der Waals surface area contributed by atoms with Gasteiger partial charge in [0, 0.05) is 0 Å². The van der Waals surface area contributed by atoms with Gasteiger partial charge < -0.3 is 0 Å². The molecule has 0 saturated heterocycles. The molecule has 0 amide bonds. The SMILES string of the molecule is [C-]#[N+]c1ccccc1F. The lowest BCUT2D eigenvalue weighted by Crippen LogP contribution is -1.68. The summed E-state index contributed by atoms with van der Waals surface area (Å²) in [6.45, 7) is 6.47. The molecule has 1 aromatic rings. The van der Waals surface area contributed by atoms with Gasteiger partial charge in [-0.2, -0.15) is 0 Å². The second-order valence-corrected chi connectivity index (χ2v) is 1.56. The fourth-order valence-corrected chi connectivity index (χ4v) is 0.542. The minimum atomic E-state index is -0.451. The van der Waals surface area contributed by atoms with E-state index >= 15 is 0 Å². The first-order chi connectivity index (χ1) is 4.34. The highest BCUT2D eigenvalue weighted by Crippen LogP contribution is 2.14. The highest BCUT2D eigenvalue weighted by Gasteiger charge is 1.95. The Bertz CT molecular complexity index is 249. The second kappa shape index (κ2) is 2.27. The van der Waals surface area contributed by atoms with Crippen molar-refractivity contribution in [2.24, 2.45) is 0 Å². The molecule has 0 radical (unpaired) electrons. The van der Waals surface area contributed by atoms with Crippen molar-refractivity contribution in [3.63, 3.8) is 0 Å². The Morgan fingerprint density at radius 1 is 1.33 bits per heavy atom. The molecule has 0 spiro atoms. The van der Waals surface area contributed by atoms with Gasteiger partial charge in [-0.3, -0.25) is 0 Å². The third-order valence-electron chi connectivity index (χ3n) is 0.973. The van der Waals surface area contributed by atoms with E-state index in [4.69, 9.17) is 6.57 Å². The number of nitrogens with zero attached hydrogens (tertiary/aromatic N) is 1. The summed E-state index contributed by atoms with van der Waals surface area (Å²) < 4.78 is 12.4. The van der Waals surface area contributed by atoms with Crippen molar-refractivity contribution in [1.29, 1.82) is 0 Å². The Morgan fingerprint density at radius 2 is 2.00 bits per heavy atom. The van der Waals surface area contributed by atoms with Crippen LogP contribution in [-0.4, -0.2) is 0 Å². The molecule has 1 aromatic carbocycles. The number of rotatable bonds is 0. The lowest BCUT2D eigenvalue weighted by molar-refractivity contribution is 0.633. The minimum Gasteiger partial charge on any atom is -0.235 e. The Hall–Kier alpha value is -1.36. The molecule has 0 unspecified atom stereocenters. The van der Waals surface area contributed by atoms with Gasteiger partial charge in [-0.1, -0.05) is 18.2 Å². The van der Waals surface area contributed by atoms with Gasteiger partial charge in [-0.25, -0.2) is 9.24 Å². The Morgan fingerprint density at radius 3 is 2.44 bits per heavy atom. The first-order valence-electron chi connectivity index (χ1n) is 2.46. The number of hydrogen-bond acceptors (Lipinski definition) is 0. The summed E-state index contributed by atoms with van der Waals surface area (Å²) >= 11 is 0. The van der Waals surface area contributed by atoms with Gasteiger partial charge in [0.25, 0.3) is 0 Å². The normalized spacial score (nSPS) is 8.44. The van der Waals surface area contributed by atoms with E-state index in [9.17, 15) is 4.39 Å². The van der Waals surface area contributed by atoms with Crippen LogP contribution in [0.15, 0.2) is 24.3 Å². The van der Waals surface area contributed by atoms with E-state index in [0.717, 1.165) is 0 Å². The van der Waals surface area contributed by atoms with Crippen LogP contribution in [0.25, 0.3) is 4.85 Å². The average Bonchev–Trinajstić information content (AvgIpc) is 1.89. The third-order valence-corrected chi connectivity index (χ3v) is 0.973. The van der Waals surface area contributed by atoms with Gasteiger partial charge in [0.1, 0.15) is 5.82 Å². The summed E-state index contributed by atoms with van der Waals surface area (Å²) in [7, 11) is 0. The Kier molecular flexibility index (Phi) is 1.46. The molecule has 0 aliphatic rings. The molecule has 2 heteroatoms. The second-order valence-electron chi connectivity index (χ2n) is 1.56. The van der Waals surface area contributed by atoms with Gasteiger partial charge in [0.15, 0.2) is 0 Å². The fourth-order valence-electron chi connectivity index (χ4n) is 0.542. The summed E-state index contributed by atoms with van der Waals surface area (Å²) in [5.74, 6) is -0.451. The third kappa shape index (κ3) is 1.06. The lowest BCUT2D eigenvalue weighted by Gasteiger charge is -1.87. The molecule has 0 fully saturated rings. The predicted molar refractivity (Wildman–Crippen MR) is 32.7 cm³/mol. The van der Waals surface area contributed by atoms with Crippen LogP contribution < -0.4 is 0 Å². The van der Waals surface area contributed by atoms with Gasteiger partial charge in [-0.15, -0.1) is 0 Å². The topological polar surface area (TPSA) is 4.36 Å². The molecular formula is C7H4FN. The maximum Gasteiger partial charge on any atom is 0.222 e. The molecule has 1 nitrogen and oxygen atoms in total. The standard InChI is InChI=1S/C7H4FN/c1-9-7-5-3-2-4-6(7)8/h2-5H. The highest BCUT2D eigenvalue weighted by atomic mass is 19.1. The molecule has 0 aromatic heterocycles. The summed E-state index contributed by atoms with van der Waals surface area (Å²) in [5, 5.41) is 0. The molecule has 0 saturated carbocycles. The van der Waals surface area contributed by atoms with Crippen LogP contribution >= 0.6 is 0 Å². The van der Waals surface area contributed by atoms with E-state index in [2.05, 4.69) is 4.85 Å². The Balaban J connectivity index is 3.20. The van der Waals surface area contributed by atoms with Crippen molar-refractivity contribution >= 4 is 5.69 Å². The van der Waals surface area contributed by atoms with Crippen molar-refractivity contribution in [2.75, 3.05) is 0 Å². The van der Waals surface area contributed by atoms with Crippen LogP contribution in [0.3, 0.4) is 0 Å². The quantitative estimate of drug-likeness (QED) is 0.464. The largest absolute Gasteiger partial charge is 0.235 e. The molecule has 0 atom stereocenters. The lowest BCUT2D eigenvalue weighted by atomic mass is 10.3. The number of halogens is 1. The molecule has 9 heavy (non-hydrogen) atoms. The highest BCUT2D eigenvalue weighted by molar-refractivity contribution is 5.44. The van der Waals surface area contributed by atoms with Crippen LogP contribution in [-0.2, 0) is 0 Å². The van der Waals surface area contributed by atoms with Crippen molar-refractivity contribution in [3.8, 4) is 0 Å². The summed E-state index contributed by atoms with van der Waals surface area (Å²) in [5.41, 5.74) is 0.0810. The smallest absolute Gasteiger partial charge is 0.222 e. The molecule has 44 valence electrons. The molecule has 1 rings (SSSR count). The van der Waals surface area contributed by atoms with Gasteiger partial charge in [0.2, 0.25) is 5.69 Å². The minimum absolute atomic E-state index is 0.0810. The molecule has 0 bridgehead atoms. The summed E-state index contributed by atoms with van der Waals surface area (Å²) in [6.07, 6.45) is 0. The van der Waals surface area contributed by atoms with E-state index in [1.54, 1.807) is 12.1 Å². The predicted octanol–water partition coefficient (Wildman–Crippen LogP) is 2.38. The molecule has 0 N–H and O–H groups in total. The number of para-hydroxylation sites is 1. The molecule has 0 aliphatic carbocycles. The van der Waals surface area contributed by atoms with E-state index in [-0.39, 0.29) is 5.69 Å². The zero-order chi connectivity index (χ0) is 6.69. The van der Waals surface area contributed by atoms with Gasteiger partial charge >= 0.3 is 0 Å². The van der Waals surface area contributed by atoms with E-state index in [1.807, 2.05) is 0 Å².